The molecular formula is C21H22N4O4S3. The van der Waals surface area contributed by atoms with Crippen LogP contribution in [-0.4, -0.2) is 42.9 Å². The summed E-state index contributed by atoms with van der Waals surface area (Å²) in [5.74, 6) is 0.692. The number of nitrogens with zero attached hydrogens (tertiary/aromatic N) is 3. The number of hydrogen-bond acceptors (Lipinski definition) is 8. The zero-order valence-electron chi connectivity index (χ0n) is 17.7. The van der Waals surface area contributed by atoms with Crippen LogP contribution in [0.4, 0.5) is 10.8 Å². The van der Waals surface area contributed by atoms with E-state index in [0.717, 1.165) is 21.2 Å². The topological polar surface area (TPSA) is 101 Å². The summed E-state index contributed by atoms with van der Waals surface area (Å²) in [6.07, 6.45) is -1.04. The van der Waals surface area contributed by atoms with Crippen LogP contribution in [0.2, 0.25) is 0 Å². The monoisotopic (exact) mass is 490 g/mol. The van der Waals surface area contributed by atoms with Gasteiger partial charge in [0.2, 0.25) is 5.13 Å². The molecule has 0 radical (unpaired) electrons. The van der Waals surface area contributed by atoms with Crippen molar-refractivity contribution in [1.82, 2.24) is 10.2 Å². The molecule has 1 aliphatic rings. The summed E-state index contributed by atoms with van der Waals surface area (Å²) in [5.41, 5.74) is 2.25. The van der Waals surface area contributed by atoms with Crippen LogP contribution >= 0.6 is 23.1 Å². The summed E-state index contributed by atoms with van der Waals surface area (Å²) in [7, 11) is -3.91. The fourth-order valence-electron chi connectivity index (χ4n) is 3.19. The van der Waals surface area contributed by atoms with Gasteiger partial charge in [-0.05, 0) is 49.4 Å². The highest BCUT2D eigenvalue weighted by atomic mass is 32.2. The lowest BCUT2D eigenvalue weighted by atomic mass is 10.1. The third-order valence-electron chi connectivity index (χ3n) is 4.79. The van der Waals surface area contributed by atoms with Gasteiger partial charge in [-0.15, -0.1) is 10.2 Å². The second kappa shape index (κ2) is 9.08. The molecule has 1 aromatic heterocycles. The number of aryl methyl sites for hydroxylation is 2. The second-order valence-electron chi connectivity index (χ2n) is 7.22. The van der Waals surface area contributed by atoms with Crippen molar-refractivity contribution in [3.05, 3.63) is 53.6 Å². The van der Waals surface area contributed by atoms with Gasteiger partial charge in [-0.25, -0.2) is 8.42 Å². The lowest BCUT2D eigenvalue weighted by Crippen LogP contribution is -2.48. The number of thioether (sulfide) groups is 1. The molecule has 8 nitrogen and oxygen atoms in total. The molecule has 0 saturated heterocycles. The van der Waals surface area contributed by atoms with Crippen molar-refractivity contribution in [2.24, 2.45) is 0 Å². The first-order valence-corrected chi connectivity index (χ1v) is 13.2. The Balaban J connectivity index is 1.65. The molecule has 1 unspecified atom stereocenters. The smallest absolute Gasteiger partial charge is 0.269 e. The number of carbonyl (C=O) groups is 1. The van der Waals surface area contributed by atoms with Gasteiger partial charge in [-0.2, -0.15) is 0 Å². The fraction of sp³-hybridized carbons (Fsp3) is 0.286. The Kier molecular flexibility index (Phi) is 6.40. The van der Waals surface area contributed by atoms with Crippen LogP contribution in [0.3, 0.4) is 0 Å². The molecule has 3 aromatic rings. The number of benzene rings is 2. The number of hydrogen-bond donors (Lipinski definition) is 1. The Morgan fingerprint density at radius 3 is 2.62 bits per heavy atom. The first-order valence-electron chi connectivity index (χ1n) is 9.92. The lowest BCUT2D eigenvalue weighted by Gasteiger charge is -2.34. The molecule has 0 saturated carbocycles. The van der Waals surface area contributed by atoms with Gasteiger partial charge in [0.25, 0.3) is 15.9 Å². The number of sulfonamides is 1. The van der Waals surface area contributed by atoms with E-state index in [0.29, 0.717) is 16.6 Å². The van der Waals surface area contributed by atoms with Gasteiger partial charge in [0.15, 0.2) is 10.4 Å². The normalized spacial score (nSPS) is 15.7. The average Bonchev–Trinajstić information content (AvgIpc) is 3.20. The van der Waals surface area contributed by atoms with Crippen molar-refractivity contribution in [2.75, 3.05) is 21.9 Å². The van der Waals surface area contributed by atoms with Crippen LogP contribution in [0.15, 0.2) is 51.7 Å². The third kappa shape index (κ3) is 4.59. The van der Waals surface area contributed by atoms with E-state index in [2.05, 4.69) is 15.5 Å². The Bertz CT molecular complexity index is 1240. The quantitative estimate of drug-likeness (QED) is 0.413. The zero-order chi connectivity index (χ0) is 22.9. The minimum Gasteiger partial charge on any atom is -0.476 e. The maximum atomic E-state index is 13.5. The minimum atomic E-state index is -3.91. The predicted molar refractivity (Wildman–Crippen MR) is 126 cm³/mol. The zero-order valence-corrected chi connectivity index (χ0v) is 20.2. The van der Waals surface area contributed by atoms with E-state index in [-0.39, 0.29) is 11.4 Å². The number of nitrogens with one attached hydrogen (secondary N) is 1. The highest BCUT2D eigenvalue weighted by Crippen LogP contribution is 2.38. The molecule has 4 rings (SSSR count). The maximum absolute atomic E-state index is 13.5. The van der Waals surface area contributed by atoms with Gasteiger partial charge in [0, 0.05) is 0 Å². The first-order chi connectivity index (χ1) is 15.3. The summed E-state index contributed by atoms with van der Waals surface area (Å²) in [5, 5.41) is 11.0. The molecule has 11 heteroatoms. The number of rotatable bonds is 6. The van der Waals surface area contributed by atoms with E-state index in [1.54, 1.807) is 36.4 Å². The van der Waals surface area contributed by atoms with Crippen molar-refractivity contribution in [1.29, 1.82) is 0 Å². The van der Waals surface area contributed by atoms with E-state index in [4.69, 9.17) is 4.74 Å². The highest BCUT2D eigenvalue weighted by molar-refractivity contribution is 8.01. The standard InChI is InChI=1S/C21H22N4O4S3/c1-4-30-21-24-23-20(31-21)22-19(26)18-12-25(16-11-14(3)7-10-17(16)29-18)32(27,28)15-8-5-13(2)6-9-15/h5-11,18H,4,12H2,1-3H3,(H,22,23,26). The number of carbonyl (C=O) groups excluding carboxylic acids is 1. The number of ether oxygens (including phenoxy) is 1. The molecule has 2 aromatic carbocycles. The van der Waals surface area contributed by atoms with Crippen LogP contribution in [0.5, 0.6) is 5.75 Å². The molecule has 1 aliphatic heterocycles. The molecule has 0 aliphatic carbocycles. The molecular weight excluding hydrogens is 468 g/mol. The molecule has 0 fully saturated rings. The average molecular weight is 491 g/mol. The van der Waals surface area contributed by atoms with Gasteiger partial charge in [-0.1, -0.05) is 53.8 Å². The summed E-state index contributed by atoms with van der Waals surface area (Å²) in [6, 6.07) is 11.9. The maximum Gasteiger partial charge on any atom is 0.269 e. The van der Waals surface area contributed by atoms with Crippen molar-refractivity contribution in [3.8, 4) is 5.75 Å². The summed E-state index contributed by atoms with van der Waals surface area (Å²) < 4.78 is 34.9. The van der Waals surface area contributed by atoms with E-state index in [1.807, 2.05) is 26.8 Å². The predicted octanol–water partition coefficient (Wildman–Crippen LogP) is 3.86. The molecule has 168 valence electrons. The highest BCUT2D eigenvalue weighted by Gasteiger charge is 2.38. The third-order valence-corrected chi connectivity index (χ3v) is 8.44. The molecule has 1 N–H and O–H groups in total. The van der Waals surface area contributed by atoms with Crippen molar-refractivity contribution in [3.63, 3.8) is 0 Å². The van der Waals surface area contributed by atoms with E-state index in [1.165, 1.54) is 27.4 Å². The lowest BCUT2D eigenvalue weighted by molar-refractivity contribution is -0.122. The van der Waals surface area contributed by atoms with Gasteiger partial charge >= 0.3 is 0 Å². The van der Waals surface area contributed by atoms with Crippen LogP contribution in [-0.2, 0) is 14.8 Å². The van der Waals surface area contributed by atoms with Gasteiger partial charge in [0.05, 0.1) is 17.1 Å². The van der Waals surface area contributed by atoms with Crippen LogP contribution in [0.25, 0.3) is 0 Å². The summed E-state index contributed by atoms with van der Waals surface area (Å²) in [6.45, 7) is 5.61. The Morgan fingerprint density at radius 2 is 1.91 bits per heavy atom. The molecule has 0 bridgehead atoms. The van der Waals surface area contributed by atoms with E-state index < -0.39 is 22.0 Å². The number of aromatic nitrogens is 2. The Hall–Kier alpha value is -2.63. The first kappa shape index (κ1) is 22.6. The molecule has 0 spiro atoms. The fourth-order valence-corrected chi connectivity index (χ4v) is 6.31. The van der Waals surface area contributed by atoms with E-state index >= 15 is 0 Å². The number of anilines is 2. The molecule has 1 atom stereocenters. The van der Waals surface area contributed by atoms with Crippen molar-refractivity contribution < 1.29 is 17.9 Å². The van der Waals surface area contributed by atoms with Crippen LogP contribution < -0.4 is 14.4 Å². The van der Waals surface area contributed by atoms with Gasteiger partial charge < -0.3 is 4.74 Å². The molecule has 1 amide bonds. The number of amides is 1. The van der Waals surface area contributed by atoms with Crippen molar-refractivity contribution >= 4 is 49.8 Å². The van der Waals surface area contributed by atoms with Gasteiger partial charge in [0.1, 0.15) is 5.75 Å². The van der Waals surface area contributed by atoms with Crippen LogP contribution in [0.1, 0.15) is 18.1 Å². The second-order valence-corrected chi connectivity index (χ2v) is 11.6. The minimum absolute atomic E-state index is 0.155. The Labute approximate surface area is 195 Å². The number of fused-ring (bicyclic) bond motifs is 1. The molecule has 2 heterocycles. The SMILES string of the molecule is CCSc1nnc(NC(=O)C2CN(S(=O)(=O)c3ccc(C)cc3)c3cc(C)ccc3O2)s1. The van der Waals surface area contributed by atoms with Crippen molar-refractivity contribution in [2.45, 2.75) is 36.1 Å². The Morgan fingerprint density at radius 1 is 1.19 bits per heavy atom. The van der Waals surface area contributed by atoms with Gasteiger partial charge in [-0.3, -0.25) is 14.4 Å². The largest absolute Gasteiger partial charge is 0.476 e. The summed E-state index contributed by atoms with van der Waals surface area (Å²) in [4.78, 5) is 13.1. The van der Waals surface area contributed by atoms with E-state index in [9.17, 15) is 13.2 Å². The summed E-state index contributed by atoms with van der Waals surface area (Å²) >= 11 is 2.79. The van der Waals surface area contributed by atoms with Crippen LogP contribution in [0, 0.1) is 13.8 Å². The molecule has 32 heavy (non-hydrogen) atoms.